The maximum absolute atomic E-state index is 13.9. The van der Waals surface area contributed by atoms with Crippen molar-refractivity contribution in [3.05, 3.63) is 34.7 Å². The summed E-state index contributed by atoms with van der Waals surface area (Å²) >= 11 is 0. The number of aliphatic imine (C=N–C) groups is 1. The zero-order chi connectivity index (χ0) is 17.1. The van der Waals surface area contributed by atoms with Crippen LogP contribution >= 0.6 is 0 Å². The Hall–Kier alpha value is -2.51. The molecule has 0 unspecified atom stereocenters. The number of phenols is 1. The van der Waals surface area contributed by atoms with E-state index >= 15 is 0 Å². The lowest BCUT2D eigenvalue weighted by Crippen LogP contribution is -2.12. The van der Waals surface area contributed by atoms with Crippen LogP contribution in [0.2, 0.25) is 0 Å². The zero-order valence-corrected chi connectivity index (χ0v) is 12.1. The van der Waals surface area contributed by atoms with E-state index in [0.29, 0.717) is 6.07 Å². The Morgan fingerprint density at radius 3 is 2.61 bits per heavy atom. The van der Waals surface area contributed by atoms with E-state index in [1.165, 1.54) is 6.92 Å². The molecule has 8 heteroatoms. The highest BCUT2D eigenvalue weighted by atomic mass is 19.2. The Morgan fingerprint density at radius 2 is 2.04 bits per heavy atom. The SMILES string of the molecule is CCOC(=O)C(C=NC1CC1)=C(O)c1cc(F)c(F)c(O)c1F. The molecule has 0 bridgehead atoms. The van der Waals surface area contributed by atoms with Gasteiger partial charge in [-0.2, -0.15) is 4.39 Å². The molecule has 0 heterocycles. The number of phenolic OH excluding ortho intramolecular Hbond substituents is 1. The number of benzene rings is 1. The van der Waals surface area contributed by atoms with Crippen LogP contribution in [0.1, 0.15) is 25.3 Å². The molecule has 1 saturated carbocycles. The van der Waals surface area contributed by atoms with E-state index in [2.05, 4.69) is 4.99 Å². The van der Waals surface area contributed by atoms with E-state index in [-0.39, 0.29) is 12.6 Å². The van der Waals surface area contributed by atoms with Crippen LogP contribution in [0, 0.1) is 17.5 Å². The van der Waals surface area contributed by atoms with Gasteiger partial charge in [0, 0.05) is 6.21 Å². The van der Waals surface area contributed by atoms with E-state index in [1.807, 2.05) is 0 Å². The summed E-state index contributed by atoms with van der Waals surface area (Å²) in [6.45, 7) is 1.51. The first-order valence-corrected chi connectivity index (χ1v) is 6.87. The maximum Gasteiger partial charge on any atom is 0.343 e. The van der Waals surface area contributed by atoms with Crippen LogP contribution in [0.5, 0.6) is 5.75 Å². The summed E-state index contributed by atoms with van der Waals surface area (Å²) in [7, 11) is 0. The van der Waals surface area contributed by atoms with Crippen molar-refractivity contribution in [1.82, 2.24) is 0 Å². The van der Waals surface area contributed by atoms with Crippen molar-refractivity contribution in [3.63, 3.8) is 0 Å². The average molecular weight is 329 g/mol. The van der Waals surface area contributed by atoms with Crippen LogP contribution in [-0.4, -0.2) is 35.0 Å². The van der Waals surface area contributed by atoms with Crippen molar-refractivity contribution in [2.24, 2.45) is 4.99 Å². The van der Waals surface area contributed by atoms with Gasteiger partial charge in [0.1, 0.15) is 11.3 Å². The summed E-state index contributed by atoms with van der Waals surface area (Å²) in [5.41, 5.74) is -1.38. The molecule has 23 heavy (non-hydrogen) atoms. The average Bonchev–Trinajstić information content (AvgIpc) is 3.33. The van der Waals surface area contributed by atoms with Crippen molar-refractivity contribution in [1.29, 1.82) is 0 Å². The first kappa shape index (κ1) is 16.9. The van der Waals surface area contributed by atoms with Gasteiger partial charge in [0.25, 0.3) is 0 Å². The number of aliphatic hydroxyl groups is 1. The van der Waals surface area contributed by atoms with Gasteiger partial charge < -0.3 is 14.9 Å². The number of hydrogen-bond acceptors (Lipinski definition) is 5. The third kappa shape index (κ3) is 3.64. The van der Waals surface area contributed by atoms with Crippen LogP contribution in [0.25, 0.3) is 5.76 Å². The monoisotopic (exact) mass is 329 g/mol. The molecular weight excluding hydrogens is 315 g/mol. The number of rotatable bonds is 5. The van der Waals surface area contributed by atoms with Crippen LogP contribution in [0.4, 0.5) is 13.2 Å². The number of carbonyl (C=O) groups excluding carboxylic acids is 1. The minimum Gasteiger partial charge on any atom is -0.506 e. The molecule has 0 saturated heterocycles. The second-order valence-corrected chi connectivity index (χ2v) is 4.87. The molecule has 1 aliphatic carbocycles. The molecule has 1 aliphatic rings. The molecule has 2 rings (SSSR count). The number of aliphatic hydroxyl groups excluding tert-OH is 1. The van der Waals surface area contributed by atoms with Crippen LogP contribution in [0.15, 0.2) is 16.6 Å². The Morgan fingerprint density at radius 1 is 1.39 bits per heavy atom. The van der Waals surface area contributed by atoms with Crippen LogP contribution < -0.4 is 0 Å². The summed E-state index contributed by atoms with van der Waals surface area (Å²) in [5, 5.41) is 19.3. The van der Waals surface area contributed by atoms with Crippen LogP contribution in [0.3, 0.4) is 0 Å². The fourth-order valence-electron chi connectivity index (χ4n) is 1.73. The molecule has 0 atom stereocenters. The maximum atomic E-state index is 13.9. The molecule has 5 nitrogen and oxygen atoms in total. The predicted octanol–water partition coefficient (Wildman–Crippen LogP) is 2.87. The van der Waals surface area contributed by atoms with Crippen LogP contribution in [-0.2, 0) is 9.53 Å². The summed E-state index contributed by atoms with van der Waals surface area (Å²) in [5.74, 6) is -8.55. The van der Waals surface area contributed by atoms with Gasteiger partial charge >= 0.3 is 5.97 Å². The highest BCUT2D eigenvalue weighted by Gasteiger charge is 2.26. The Kier molecular flexibility index (Phi) is 4.92. The third-order valence-corrected chi connectivity index (χ3v) is 3.10. The molecule has 0 spiro atoms. The molecule has 1 fully saturated rings. The minimum atomic E-state index is -1.79. The van der Waals surface area contributed by atoms with Crippen molar-refractivity contribution in [3.8, 4) is 5.75 Å². The fraction of sp³-hybridized carbons (Fsp3) is 0.333. The quantitative estimate of drug-likeness (QED) is 0.286. The highest BCUT2D eigenvalue weighted by molar-refractivity contribution is 6.15. The summed E-state index contributed by atoms with van der Waals surface area (Å²) < 4.78 is 45.0. The van der Waals surface area contributed by atoms with Gasteiger partial charge in [0.2, 0.25) is 5.82 Å². The van der Waals surface area contributed by atoms with Crippen molar-refractivity contribution in [2.45, 2.75) is 25.8 Å². The number of halogens is 3. The number of esters is 1. The standard InChI is InChI=1S/C15H14F3NO4/c1-2-23-15(22)9(6-19-7-3-4-7)13(20)8-5-10(16)12(18)14(21)11(8)17/h5-7,20-21H,2-4H2,1H3. The normalized spacial score (nSPS) is 15.7. The summed E-state index contributed by atoms with van der Waals surface area (Å²) in [6.07, 6.45) is 2.63. The lowest BCUT2D eigenvalue weighted by atomic mass is 10.1. The molecule has 0 amide bonds. The molecule has 124 valence electrons. The van der Waals surface area contributed by atoms with Crippen molar-refractivity contribution >= 4 is 17.9 Å². The van der Waals surface area contributed by atoms with Gasteiger partial charge in [0.15, 0.2) is 17.4 Å². The topological polar surface area (TPSA) is 79.1 Å². The number of aromatic hydroxyl groups is 1. The minimum absolute atomic E-state index is 0.00423. The largest absolute Gasteiger partial charge is 0.506 e. The predicted molar refractivity (Wildman–Crippen MR) is 75.7 cm³/mol. The lowest BCUT2D eigenvalue weighted by molar-refractivity contribution is -0.137. The van der Waals surface area contributed by atoms with Gasteiger partial charge in [0.05, 0.1) is 18.2 Å². The molecule has 1 aromatic carbocycles. The fourth-order valence-corrected chi connectivity index (χ4v) is 1.73. The van der Waals surface area contributed by atoms with E-state index in [1.54, 1.807) is 0 Å². The molecular formula is C15H14F3NO4. The van der Waals surface area contributed by atoms with E-state index < -0.39 is 46.1 Å². The van der Waals surface area contributed by atoms with Gasteiger partial charge in [-0.3, -0.25) is 4.99 Å². The molecule has 2 N–H and O–H groups in total. The molecule has 0 radical (unpaired) electrons. The Bertz CT molecular complexity index is 696. The Balaban J connectivity index is 2.54. The lowest BCUT2D eigenvalue weighted by Gasteiger charge is -2.09. The molecule has 0 aliphatic heterocycles. The Labute approximate surface area is 129 Å². The van der Waals surface area contributed by atoms with Gasteiger partial charge in [-0.05, 0) is 25.8 Å². The number of hydrogen-bond donors (Lipinski definition) is 2. The number of carbonyl (C=O) groups is 1. The second-order valence-electron chi connectivity index (χ2n) is 4.87. The van der Waals surface area contributed by atoms with Gasteiger partial charge in [-0.15, -0.1) is 0 Å². The summed E-state index contributed by atoms with van der Waals surface area (Å²) in [4.78, 5) is 15.8. The van der Waals surface area contributed by atoms with E-state index in [4.69, 9.17) is 4.74 Å². The first-order chi connectivity index (χ1) is 10.9. The zero-order valence-electron chi connectivity index (χ0n) is 12.1. The highest BCUT2D eigenvalue weighted by Crippen LogP contribution is 2.30. The molecule has 1 aromatic rings. The summed E-state index contributed by atoms with van der Waals surface area (Å²) in [6, 6.07) is 0.333. The van der Waals surface area contributed by atoms with Crippen molar-refractivity contribution < 1.29 is 32.9 Å². The van der Waals surface area contributed by atoms with Crippen molar-refractivity contribution in [2.75, 3.05) is 6.61 Å². The third-order valence-electron chi connectivity index (χ3n) is 3.10. The number of ether oxygens (including phenoxy) is 1. The van der Waals surface area contributed by atoms with E-state index in [9.17, 15) is 28.2 Å². The van der Waals surface area contributed by atoms with Gasteiger partial charge in [-0.1, -0.05) is 0 Å². The molecule has 0 aromatic heterocycles. The first-order valence-electron chi connectivity index (χ1n) is 6.87. The second kappa shape index (κ2) is 6.72. The van der Waals surface area contributed by atoms with Gasteiger partial charge in [-0.25, -0.2) is 13.6 Å². The smallest absolute Gasteiger partial charge is 0.343 e. The van der Waals surface area contributed by atoms with E-state index in [0.717, 1.165) is 19.1 Å². The number of nitrogens with zero attached hydrogens (tertiary/aromatic N) is 1.